The third-order valence-corrected chi connectivity index (χ3v) is 3.39. The molecule has 1 saturated heterocycles. The zero-order valence-corrected chi connectivity index (χ0v) is 11.8. The van der Waals surface area contributed by atoms with Crippen LogP contribution in [-0.2, 0) is 4.74 Å². The quantitative estimate of drug-likeness (QED) is 0.877. The van der Waals surface area contributed by atoms with Gasteiger partial charge in [0.25, 0.3) is 0 Å². The van der Waals surface area contributed by atoms with Crippen molar-refractivity contribution in [2.75, 3.05) is 11.9 Å². The maximum Gasteiger partial charge on any atom is 0.321 e. The van der Waals surface area contributed by atoms with Crippen molar-refractivity contribution in [3.63, 3.8) is 0 Å². The van der Waals surface area contributed by atoms with Gasteiger partial charge in [-0.25, -0.2) is 4.79 Å². The van der Waals surface area contributed by atoms with E-state index in [0.29, 0.717) is 5.92 Å². The molecular formula is C15H22N2O2. The molecule has 1 aromatic carbocycles. The molecule has 0 aliphatic carbocycles. The number of aryl methyl sites for hydroxylation is 1. The number of hydrogen-bond donors (Lipinski definition) is 2. The van der Waals surface area contributed by atoms with Crippen molar-refractivity contribution in [1.29, 1.82) is 0 Å². The van der Waals surface area contributed by atoms with E-state index in [2.05, 4.69) is 30.5 Å². The summed E-state index contributed by atoms with van der Waals surface area (Å²) in [6, 6.07) is 5.89. The number of ether oxygens (including phenoxy) is 1. The van der Waals surface area contributed by atoms with Gasteiger partial charge < -0.3 is 15.4 Å². The molecule has 0 radical (unpaired) electrons. The Morgan fingerprint density at radius 1 is 1.42 bits per heavy atom. The van der Waals surface area contributed by atoms with Crippen LogP contribution in [0.3, 0.4) is 0 Å². The van der Waals surface area contributed by atoms with Crippen LogP contribution in [-0.4, -0.2) is 18.9 Å². The molecule has 1 heterocycles. The van der Waals surface area contributed by atoms with Gasteiger partial charge in [0.05, 0.1) is 0 Å². The van der Waals surface area contributed by atoms with E-state index in [4.69, 9.17) is 4.74 Å². The number of rotatable bonds is 3. The molecule has 1 atom stereocenters. The first-order valence-electron chi connectivity index (χ1n) is 6.86. The summed E-state index contributed by atoms with van der Waals surface area (Å²) in [4.78, 5) is 12.0. The monoisotopic (exact) mass is 262 g/mol. The molecule has 1 aliphatic rings. The molecule has 1 unspecified atom stereocenters. The van der Waals surface area contributed by atoms with Crippen LogP contribution in [0.5, 0.6) is 0 Å². The molecule has 104 valence electrons. The molecule has 19 heavy (non-hydrogen) atoms. The minimum atomic E-state index is -0.192. The van der Waals surface area contributed by atoms with Crippen molar-refractivity contribution in [1.82, 2.24) is 5.32 Å². The minimum absolute atomic E-state index is 0.147. The van der Waals surface area contributed by atoms with E-state index >= 15 is 0 Å². The smallest absolute Gasteiger partial charge is 0.321 e. The average molecular weight is 262 g/mol. The van der Waals surface area contributed by atoms with Crippen molar-refractivity contribution in [3.05, 3.63) is 29.3 Å². The molecule has 0 spiro atoms. The second kappa shape index (κ2) is 6.06. The van der Waals surface area contributed by atoms with Crippen LogP contribution in [0.2, 0.25) is 0 Å². The van der Waals surface area contributed by atoms with E-state index in [-0.39, 0.29) is 12.3 Å². The summed E-state index contributed by atoms with van der Waals surface area (Å²) in [5, 5.41) is 5.81. The SMILES string of the molecule is Cc1cccc(C(C)C)c1NC(=O)NC1CCCO1. The van der Waals surface area contributed by atoms with Gasteiger partial charge in [-0.1, -0.05) is 32.0 Å². The van der Waals surface area contributed by atoms with Crippen molar-refractivity contribution in [2.45, 2.75) is 45.8 Å². The van der Waals surface area contributed by atoms with E-state index in [1.165, 1.54) is 0 Å². The molecule has 4 nitrogen and oxygen atoms in total. The number of nitrogens with one attached hydrogen (secondary N) is 2. The highest BCUT2D eigenvalue weighted by Crippen LogP contribution is 2.27. The Morgan fingerprint density at radius 2 is 2.21 bits per heavy atom. The topological polar surface area (TPSA) is 50.4 Å². The molecule has 0 saturated carbocycles. The van der Waals surface area contributed by atoms with Gasteiger partial charge in [-0.05, 0) is 36.8 Å². The summed E-state index contributed by atoms with van der Waals surface area (Å²) in [6.45, 7) is 6.98. The fourth-order valence-electron chi connectivity index (χ4n) is 2.33. The second-order valence-electron chi connectivity index (χ2n) is 5.29. The first-order valence-corrected chi connectivity index (χ1v) is 6.86. The van der Waals surface area contributed by atoms with Crippen LogP contribution in [0.1, 0.15) is 43.7 Å². The van der Waals surface area contributed by atoms with Crippen LogP contribution in [0.4, 0.5) is 10.5 Å². The van der Waals surface area contributed by atoms with Crippen LogP contribution < -0.4 is 10.6 Å². The highest BCUT2D eigenvalue weighted by molar-refractivity contribution is 5.91. The summed E-state index contributed by atoms with van der Waals surface area (Å²) < 4.78 is 5.40. The predicted octanol–water partition coefficient (Wildman–Crippen LogP) is 3.38. The Balaban J connectivity index is 2.07. The zero-order valence-electron chi connectivity index (χ0n) is 11.8. The Morgan fingerprint density at radius 3 is 2.84 bits per heavy atom. The molecule has 0 bridgehead atoms. The fourth-order valence-corrected chi connectivity index (χ4v) is 2.33. The average Bonchev–Trinajstić information content (AvgIpc) is 2.84. The Kier molecular flexibility index (Phi) is 4.43. The van der Waals surface area contributed by atoms with Gasteiger partial charge in [0, 0.05) is 12.3 Å². The van der Waals surface area contributed by atoms with Gasteiger partial charge in [-0.3, -0.25) is 0 Å². The van der Waals surface area contributed by atoms with Gasteiger partial charge in [0.2, 0.25) is 0 Å². The van der Waals surface area contributed by atoms with Gasteiger partial charge in [-0.15, -0.1) is 0 Å². The number of amides is 2. The Hall–Kier alpha value is -1.55. The largest absolute Gasteiger partial charge is 0.358 e. The second-order valence-corrected chi connectivity index (χ2v) is 5.29. The van der Waals surface area contributed by atoms with Crippen molar-refractivity contribution in [2.24, 2.45) is 0 Å². The molecule has 1 fully saturated rings. The van der Waals surface area contributed by atoms with Gasteiger partial charge in [0.1, 0.15) is 6.23 Å². The van der Waals surface area contributed by atoms with Crippen LogP contribution >= 0.6 is 0 Å². The van der Waals surface area contributed by atoms with Gasteiger partial charge in [0.15, 0.2) is 0 Å². The third kappa shape index (κ3) is 3.47. The number of para-hydroxylation sites is 1. The Bertz CT molecular complexity index is 451. The number of hydrogen-bond acceptors (Lipinski definition) is 2. The van der Waals surface area contributed by atoms with E-state index in [0.717, 1.165) is 36.3 Å². The number of anilines is 1. The normalized spacial score (nSPS) is 18.6. The number of urea groups is 1. The van der Waals surface area contributed by atoms with E-state index < -0.39 is 0 Å². The first kappa shape index (κ1) is 13.9. The molecule has 2 N–H and O–H groups in total. The summed E-state index contributed by atoms with van der Waals surface area (Å²) in [5.41, 5.74) is 3.14. The van der Waals surface area contributed by atoms with Crippen LogP contribution in [0.25, 0.3) is 0 Å². The van der Waals surface area contributed by atoms with Crippen LogP contribution in [0, 0.1) is 6.92 Å². The zero-order chi connectivity index (χ0) is 13.8. The van der Waals surface area contributed by atoms with E-state index in [9.17, 15) is 4.79 Å². The number of benzene rings is 1. The summed E-state index contributed by atoms with van der Waals surface area (Å²) >= 11 is 0. The molecule has 1 aliphatic heterocycles. The standard InChI is InChI=1S/C15H22N2O2/c1-10(2)12-7-4-6-11(3)14(12)17-15(18)16-13-8-5-9-19-13/h4,6-7,10,13H,5,8-9H2,1-3H3,(H2,16,17,18). The van der Waals surface area contributed by atoms with Crippen molar-refractivity contribution >= 4 is 11.7 Å². The maximum atomic E-state index is 12.0. The molecule has 2 rings (SSSR count). The summed E-state index contributed by atoms with van der Waals surface area (Å²) in [6.07, 6.45) is 1.75. The minimum Gasteiger partial charge on any atom is -0.358 e. The van der Waals surface area contributed by atoms with E-state index in [1.807, 2.05) is 19.1 Å². The third-order valence-electron chi connectivity index (χ3n) is 3.39. The molecular weight excluding hydrogens is 240 g/mol. The van der Waals surface area contributed by atoms with E-state index in [1.54, 1.807) is 0 Å². The fraction of sp³-hybridized carbons (Fsp3) is 0.533. The summed E-state index contributed by atoms with van der Waals surface area (Å²) in [7, 11) is 0. The lowest BCUT2D eigenvalue weighted by atomic mass is 9.98. The first-order chi connectivity index (χ1) is 9.08. The lowest BCUT2D eigenvalue weighted by Crippen LogP contribution is -2.37. The predicted molar refractivity (Wildman–Crippen MR) is 76.4 cm³/mol. The lowest BCUT2D eigenvalue weighted by molar-refractivity contribution is 0.0928. The maximum absolute atomic E-state index is 12.0. The number of carbonyl (C=O) groups excluding carboxylic acids is 1. The van der Waals surface area contributed by atoms with Crippen molar-refractivity contribution < 1.29 is 9.53 Å². The van der Waals surface area contributed by atoms with Gasteiger partial charge in [-0.2, -0.15) is 0 Å². The Labute approximate surface area is 114 Å². The molecule has 4 heteroatoms. The summed E-state index contributed by atoms with van der Waals surface area (Å²) in [5.74, 6) is 0.373. The number of carbonyl (C=O) groups is 1. The molecule has 2 amide bonds. The lowest BCUT2D eigenvalue weighted by Gasteiger charge is -2.18. The van der Waals surface area contributed by atoms with Crippen molar-refractivity contribution in [3.8, 4) is 0 Å². The van der Waals surface area contributed by atoms with Crippen LogP contribution in [0.15, 0.2) is 18.2 Å². The molecule has 0 aromatic heterocycles. The highest BCUT2D eigenvalue weighted by atomic mass is 16.5. The molecule has 1 aromatic rings. The highest BCUT2D eigenvalue weighted by Gasteiger charge is 2.18. The van der Waals surface area contributed by atoms with Gasteiger partial charge >= 0.3 is 6.03 Å².